The van der Waals surface area contributed by atoms with Crippen molar-refractivity contribution in [1.29, 1.82) is 0 Å². The second kappa shape index (κ2) is 9.80. The van der Waals surface area contributed by atoms with E-state index in [9.17, 15) is 36.2 Å². The Morgan fingerprint density at radius 3 is 2.32 bits per heavy atom. The number of fused-ring (bicyclic) bond motifs is 1. The molecule has 190 valence electrons. The maximum atomic E-state index is 13.9. The molecule has 1 aliphatic rings. The van der Waals surface area contributed by atoms with Gasteiger partial charge in [0.25, 0.3) is 5.60 Å². The fourth-order valence-corrected chi connectivity index (χ4v) is 4.91. The van der Waals surface area contributed by atoms with Crippen LogP contribution in [0.3, 0.4) is 0 Å². The predicted octanol–water partition coefficient (Wildman–Crippen LogP) is 5.84. The van der Waals surface area contributed by atoms with Crippen LogP contribution in [0, 0.1) is 0 Å². The summed E-state index contributed by atoms with van der Waals surface area (Å²) in [4.78, 5) is 11.4. The van der Waals surface area contributed by atoms with E-state index in [4.69, 9.17) is 4.74 Å². The molecule has 1 aromatic carbocycles. The molecule has 0 aliphatic carbocycles. The van der Waals surface area contributed by atoms with Gasteiger partial charge in [0, 0.05) is 17.7 Å². The molecule has 0 radical (unpaired) electrons. The van der Waals surface area contributed by atoms with Gasteiger partial charge in [-0.25, -0.2) is 0 Å². The maximum Gasteiger partial charge on any atom is 0.430 e. The first-order valence-electron chi connectivity index (χ1n) is 10.8. The molecule has 3 rings (SSSR count). The lowest BCUT2D eigenvalue weighted by atomic mass is 9.84. The number of nitrogens with zero attached hydrogens (tertiary/aromatic N) is 1. The van der Waals surface area contributed by atoms with Crippen LogP contribution < -0.4 is 9.61 Å². The Hall–Kier alpha value is -2.21. The first-order valence-corrected chi connectivity index (χ1v) is 11.7. The molecule has 0 saturated carbocycles. The molecular formula is C22H25F6NO4S. The zero-order valence-electron chi connectivity index (χ0n) is 18.6. The van der Waals surface area contributed by atoms with Gasteiger partial charge in [0.05, 0.1) is 18.6 Å². The quantitative estimate of drug-likeness (QED) is 0.338. The molecule has 12 heteroatoms. The predicted molar refractivity (Wildman–Crippen MR) is 113 cm³/mol. The molecule has 2 aromatic rings. The molecule has 1 aliphatic heterocycles. The van der Waals surface area contributed by atoms with E-state index in [0.717, 1.165) is 22.0 Å². The molecule has 5 nitrogen and oxygen atoms in total. The highest BCUT2D eigenvalue weighted by Crippen LogP contribution is 2.58. The summed E-state index contributed by atoms with van der Waals surface area (Å²) in [5.41, 5.74) is -4.89. The first-order chi connectivity index (χ1) is 15.9. The van der Waals surface area contributed by atoms with Gasteiger partial charge in [-0.3, -0.25) is 9.36 Å². The molecule has 0 saturated heterocycles. The van der Waals surface area contributed by atoms with E-state index < -0.39 is 30.1 Å². The summed E-state index contributed by atoms with van der Waals surface area (Å²) >= 11 is 0.840. The number of alkyl halides is 6. The minimum Gasteiger partial charge on any atom is -0.494 e. The fourth-order valence-electron chi connectivity index (χ4n) is 4.26. The average Bonchev–Trinajstić information content (AvgIpc) is 3.28. The van der Waals surface area contributed by atoms with Crippen molar-refractivity contribution in [3.8, 4) is 11.6 Å². The highest BCUT2D eigenvalue weighted by Gasteiger charge is 2.75. The average molecular weight is 514 g/mol. The van der Waals surface area contributed by atoms with Crippen LogP contribution in [0.25, 0.3) is 0 Å². The molecule has 0 spiro atoms. The van der Waals surface area contributed by atoms with Crippen LogP contribution >= 0.6 is 11.3 Å². The third kappa shape index (κ3) is 4.53. The van der Waals surface area contributed by atoms with Gasteiger partial charge in [0.2, 0.25) is 5.88 Å². The first kappa shape index (κ1) is 26.4. The van der Waals surface area contributed by atoms with Gasteiger partial charge in [-0.15, -0.1) is 0 Å². The SMILES string of the molecule is CCCc1cc2c(c(CCC)c1OCCCn1c(O)csc1=O)COC2(C(F)(F)F)C(F)(F)F. The second-order valence-corrected chi connectivity index (χ2v) is 8.87. The van der Waals surface area contributed by atoms with E-state index in [1.807, 2.05) is 0 Å². The number of aromatic hydroxyl groups is 1. The van der Waals surface area contributed by atoms with Crippen molar-refractivity contribution in [2.75, 3.05) is 6.61 Å². The van der Waals surface area contributed by atoms with Crippen molar-refractivity contribution in [2.24, 2.45) is 0 Å². The molecule has 2 heterocycles. The number of thiazole rings is 1. The molecule has 0 atom stereocenters. The minimum atomic E-state index is -5.69. The van der Waals surface area contributed by atoms with Crippen LogP contribution in [0.2, 0.25) is 0 Å². The Morgan fingerprint density at radius 2 is 1.79 bits per heavy atom. The van der Waals surface area contributed by atoms with E-state index in [1.54, 1.807) is 13.8 Å². The molecule has 1 N–H and O–H groups in total. The summed E-state index contributed by atoms with van der Waals surface area (Å²) in [6, 6.07) is 0.927. The van der Waals surface area contributed by atoms with Crippen molar-refractivity contribution in [3.63, 3.8) is 0 Å². The number of ether oxygens (including phenoxy) is 2. The summed E-state index contributed by atoms with van der Waals surface area (Å²) in [6.07, 6.45) is -9.70. The lowest BCUT2D eigenvalue weighted by Crippen LogP contribution is -2.53. The summed E-state index contributed by atoms with van der Waals surface area (Å²) in [6.45, 7) is 2.91. The topological polar surface area (TPSA) is 60.7 Å². The standard InChI is InChI=1S/C22H25F6NO4S/c1-3-6-13-10-16-15(11-33-20(16,21(23,24)25)22(26,27)28)14(7-4-2)18(13)32-9-5-8-29-17(30)12-34-19(29)31/h10,12,30H,3-9,11H2,1-2H3. The molecule has 0 unspecified atom stereocenters. The van der Waals surface area contributed by atoms with E-state index in [-0.39, 0.29) is 59.2 Å². The minimum absolute atomic E-state index is 0.0541. The van der Waals surface area contributed by atoms with Gasteiger partial charge in [-0.2, -0.15) is 26.3 Å². The van der Waals surface area contributed by atoms with Crippen LogP contribution in [0.4, 0.5) is 26.3 Å². The monoisotopic (exact) mass is 513 g/mol. The van der Waals surface area contributed by atoms with Crippen LogP contribution in [0.15, 0.2) is 16.2 Å². The van der Waals surface area contributed by atoms with Gasteiger partial charge < -0.3 is 14.6 Å². The van der Waals surface area contributed by atoms with Crippen molar-refractivity contribution in [1.82, 2.24) is 4.57 Å². The van der Waals surface area contributed by atoms with Crippen LogP contribution in [-0.4, -0.2) is 28.6 Å². The Bertz CT molecular complexity index is 1060. The van der Waals surface area contributed by atoms with Gasteiger partial charge >= 0.3 is 17.2 Å². The van der Waals surface area contributed by atoms with Crippen molar-refractivity contribution in [3.05, 3.63) is 43.4 Å². The second-order valence-electron chi connectivity index (χ2n) is 8.05. The van der Waals surface area contributed by atoms with Crippen LogP contribution in [0.5, 0.6) is 11.6 Å². The van der Waals surface area contributed by atoms with E-state index in [2.05, 4.69) is 4.74 Å². The maximum absolute atomic E-state index is 13.9. The Balaban J connectivity index is 2.02. The molecule has 0 amide bonds. The molecular weight excluding hydrogens is 488 g/mol. The molecule has 0 bridgehead atoms. The van der Waals surface area contributed by atoms with E-state index in [1.165, 1.54) is 5.38 Å². The molecule has 1 aromatic heterocycles. The Labute approximate surface area is 195 Å². The molecule has 0 fully saturated rings. The summed E-state index contributed by atoms with van der Waals surface area (Å²) in [5, 5.41) is 11.0. The Kier molecular flexibility index (Phi) is 7.61. The van der Waals surface area contributed by atoms with E-state index >= 15 is 0 Å². The smallest absolute Gasteiger partial charge is 0.430 e. The number of hydrogen-bond donors (Lipinski definition) is 1. The zero-order valence-corrected chi connectivity index (χ0v) is 19.4. The highest BCUT2D eigenvalue weighted by atomic mass is 32.1. The lowest BCUT2D eigenvalue weighted by molar-refractivity contribution is -0.385. The fraction of sp³-hybridized carbons (Fsp3) is 0.591. The van der Waals surface area contributed by atoms with Gasteiger partial charge in [0.1, 0.15) is 5.75 Å². The number of hydrogen-bond acceptors (Lipinski definition) is 5. The van der Waals surface area contributed by atoms with Crippen molar-refractivity contribution < 1.29 is 40.9 Å². The lowest BCUT2D eigenvalue weighted by Gasteiger charge is -2.34. The highest BCUT2D eigenvalue weighted by molar-refractivity contribution is 7.07. The Morgan fingerprint density at radius 1 is 1.15 bits per heavy atom. The van der Waals surface area contributed by atoms with Crippen LogP contribution in [0.1, 0.15) is 55.4 Å². The number of rotatable bonds is 9. The number of aromatic nitrogens is 1. The van der Waals surface area contributed by atoms with Crippen molar-refractivity contribution in [2.45, 2.75) is 77.1 Å². The number of aryl methyl sites for hydroxylation is 1. The number of benzene rings is 1. The van der Waals surface area contributed by atoms with Gasteiger partial charge in [-0.1, -0.05) is 38.0 Å². The summed E-state index contributed by atoms with van der Waals surface area (Å²) < 4.78 is 94.7. The zero-order chi connectivity index (χ0) is 25.3. The normalized spacial score (nSPS) is 15.5. The summed E-state index contributed by atoms with van der Waals surface area (Å²) in [5.74, 6) is 0.0896. The van der Waals surface area contributed by atoms with E-state index in [0.29, 0.717) is 19.3 Å². The summed E-state index contributed by atoms with van der Waals surface area (Å²) in [7, 11) is 0. The number of halogens is 6. The van der Waals surface area contributed by atoms with Crippen molar-refractivity contribution >= 4 is 11.3 Å². The van der Waals surface area contributed by atoms with Gasteiger partial charge in [0.15, 0.2) is 0 Å². The third-order valence-electron chi connectivity index (χ3n) is 5.74. The largest absolute Gasteiger partial charge is 0.494 e. The van der Waals surface area contributed by atoms with Gasteiger partial charge in [-0.05, 0) is 36.5 Å². The third-order valence-corrected chi connectivity index (χ3v) is 6.49. The van der Waals surface area contributed by atoms with Crippen LogP contribution in [-0.2, 0) is 36.3 Å². The molecule has 34 heavy (non-hydrogen) atoms.